The fraction of sp³-hybridized carbons (Fsp3) is 0.333. The lowest BCUT2D eigenvalue weighted by atomic mass is 9.94. The molecule has 0 aromatic carbocycles. The van der Waals surface area contributed by atoms with E-state index in [4.69, 9.17) is 10.8 Å². The Bertz CT molecular complexity index is 377. The first-order chi connectivity index (χ1) is 6.35. The quantitative estimate of drug-likeness (QED) is 0.689. The Hall–Kier alpha value is -1.49. The van der Waals surface area contributed by atoms with Crippen molar-refractivity contribution in [3.05, 3.63) is 29.3 Å². The van der Waals surface area contributed by atoms with Crippen molar-refractivity contribution >= 4 is 5.97 Å². The molecule has 0 radical (unpaired) electrons. The highest BCUT2D eigenvalue weighted by atomic mass is 19.1. The molecule has 0 aliphatic heterocycles. The van der Waals surface area contributed by atoms with Crippen molar-refractivity contribution in [3.63, 3.8) is 0 Å². The van der Waals surface area contributed by atoms with E-state index in [1.165, 1.54) is 19.9 Å². The minimum absolute atomic E-state index is 0.278. The lowest BCUT2D eigenvalue weighted by molar-refractivity contribution is -0.143. The van der Waals surface area contributed by atoms with Crippen molar-refractivity contribution in [3.8, 4) is 0 Å². The van der Waals surface area contributed by atoms with Crippen LogP contribution in [0.25, 0.3) is 0 Å². The monoisotopic (exact) mass is 198 g/mol. The molecular formula is C9H11FN2O2. The SMILES string of the molecule is Cc1cc([C@](C)(N)C(=O)O)cnc1F. The van der Waals surface area contributed by atoms with Crippen molar-refractivity contribution in [2.75, 3.05) is 0 Å². The maximum absolute atomic E-state index is 12.8. The van der Waals surface area contributed by atoms with E-state index in [1.807, 2.05) is 0 Å². The molecule has 0 fully saturated rings. The highest BCUT2D eigenvalue weighted by Crippen LogP contribution is 2.18. The molecular weight excluding hydrogens is 187 g/mol. The molecule has 0 saturated carbocycles. The summed E-state index contributed by atoms with van der Waals surface area (Å²) in [5.41, 5.74) is 4.56. The van der Waals surface area contributed by atoms with Crippen LogP contribution in [0, 0.1) is 12.9 Å². The Labute approximate surface area is 80.6 Å². The van der Waals surface area contributed by atoms with E-state index >= 15 is 0 Å². The van der Waals surface area contributed by atoms with Crippen LogP contribution < -0.4 is 5.73 Å². The van der Waals surface area contributed by atoms with E-state index < -0.39 is 17.5 Å². The van der Waals surface area contributed by atoms with Crippen LogP contribution in [-0.2, 0) is 10.3 Å². The van der Waals surface area contributed by atoms with Gasteiger partial charge in [0.1, 0.15) is 5.54 Å². The lowest BCUT2D eigenvalue weighted by Gasteiger charge is -2.19. The molecule has 1 aromatic rings. The maximum Gasteiger partial charge on any atom is 0.328 e. The van der Waals surface area contributed by atoms with Crippen LogP contribution in [0.15, 0.2) is 12.3 Å². The molecule has 1 heterocycles. The fourth-order valence-electron chi connectivity index (χ4n) is 0.966. The van der Waals surface area contributed by atoms with Crippen LogP contribution in [0.4, 0.5) is 4.39 Å². The van der Waals surface area contributed by atoms with Crippen LogP contribution in [-0.4, -0.2) is 16.1 Å². The second kappa shape index (κ2) is 3.34. The molecule has 5 heteroatoms. The van der Waals surface area contributed by atoms with Gasteiger partial charge in [-0.15, -0.1) is 0 Å². The summed E-state index contributed by atoms with van der Waals surface area (Å²) in [4.78, 5) is 14.2. The molecule has 0 aliphatic carbocycles. The summed E-state index contributed by atoms with van der Waals surface area (Å²) in [7, 11) is 0. The minimum Gasteiger partial charge on any atom is -0.480 e. The number of rotatable bonds is 2. The zero-order valence-corrected chi connectivity index (χ0v) is 7.91. The average molecular weight is 198 g/mol. The second-order valence-electron chi connectivity index (χ2n) is 3.34. The normalized spacial score (nSPS) is 14.9. The fourth-order valence-corrected chi connectivity index (χ4v) is 0.966. The van der Waals surface area contributed by atoms with E-state index in [9.17, 15) is 9.18 Å². The first-order valence-corrected chi connectivity index (χ1v) is 4.00. The number of pyridine rings is 1. The van der Waals surface area contributed by atoms with Gasteiger partial charge in [0, 0.05) is 17.3 Å². The van der Waals surface area contributed by atoms with Gasteiger partial charge in [0.25, 0.3) is 0 Å². The van der Waals surface area contributed by atoms with Crippen LogP contribution >= 0.6 is 0 Å². The molecule has 0 spiro atoms. The van der Waals surface area contributed by atoms with Crippen molar-refractivity contribution in [1.29, 1.82) is 0 Å². The predicted molar refractivity (Wildman–Crippen MR) is 48.1 cm³/mol. The van der Waals surface area contributed by atoms with Gasteiger partial charge in [0.05, 0.1) is 0 Å². The van der Waals surface area contributed by atoms with Crippen molar-refractivity contribution < 1.29 is 14.3 Å². The third kappa shape index (κ3) is 1.72. The number of carboxylic acid groups (broad SMARTS) is 1. The van der Waals surface area contributed by atoms with E-state index in [0.29, 0.717) is 0 Å². The predicted octanol–water partition coefficient (Wildman–Crippen LogP) is 0.788. The number of carbonyl (C=O) groups is 1. The topological polar surface area (TPSA) is 76.2 Å². The number of hydrogen-bond donors (Lipinski definition) is 2. The molecule has 0 aliphatic rings. The maximum atomic E-state index is 12.8. The Morgan fingerprint density at radius 2 is 2.29 bits per heavy atom. The summed E-state index contributed by atoms with van der Waals surface area (Å²) in [5.74, 6) is -1.79. The summed E-state index contributed by atoms with van der Waals surface area (Å²) in [5, 5.41) is 8.81. The van der Waals surface area contributed by atoms with Crippen LogP contribution in [0.2, 0.25) is 0 Å². The largest absolute Gasteiger partial charge is 0.480 e. The Morgan fingerprint density at radius 1 is 1.71 bits per heavy atom. The Morgan fingerprint density at radius 3 is 2.71 bits per heavy atom. The van der Waals surface area contributed by atoms with Crippen molar-refractivity contribution in [1.82, 2.24) is 4.98 Å². The number of aliphatic carboxylic acids is 1. The molecule has 0 amide bonds. The van der Waals surface area contributed by atoms with Gasteiger partial charge < -0.3 is 10.8 Å². The molecule has 0 saturated heterocycles. The summed E-state index contributed by atoms with van der Waals surface area (Å²) in [6.07, 6.45) is 1.14. The summed E-state index contributed by atoms with van der Waals surface area (Å²) >= 11 is 0. The molecule has 76 valence electrons. The van der Waals surface area contributed by atoms with Crippen molar-refractivity contribution in [2.45, 2.75) is 19.4 Å². The van der Waals surface area contributed by atoms with Crippen LogP contribution in [0.5, 0.6) is 0 Å². The number of nitrogens with two attached hydrogens (primary N) is 1. The van der Waals surface area contributed by atoms with Gasteiger partial charge in [-0.3, -0.25) is 0 Å². The number of halogens is 1. The summed E-state index contributed by atoms with van der Waals surface area (Å²) in [6.45, 7) is 2.84. The first-order valence-electron chi connectivity index (χ1n) is 4.00. The number of aryl methyl sites for hydroxylation is 1. The average Bonchev–Trinajstić information content (AvgIpc) is 2.09. The molecule has 1 atom stereocenters. The number of nitrogens with zero attached hydrogens (tertiary/aromatic N) is 1. The number of aromatic nitrogens is 1. The summed E-state index contributed by atoms with van der Waals surface area (Å²) in [6, 6.07) is 1.39. The molecule has 4 nitrogen and oxygen atoms in total. The van der Waals surface area contributed by atoms with Crippen molar-refractivity contribution in [2.24, 2.45) is 5.73 Å². The van der Waals surface area contributed by atoms with Gasteiger partial charge in [-0.1, -0.05) is 0 Å². The van der Waals surface area contributed by atoms with Gasteiger partial charge in [0.2, 0.25) is 5.95 Å². The van der Waals surface area contributed by atoms with Gasteiger partial charge in [-0.05, 0) is 19.9 Å². The third-order valence-electron chi connectivity index (χ3n) is 2.06. The molecule has 14 heavy (non-hydrogen) atoms. The molecule has 1 rings (SSSR count). The Kier molecular flexibility index (Phi) is 2.53. The molecule has 1 aromatic heterocycles. The standard InChI is InChI=1S/C9H11FN2O2/c1-5-3-6(4-12-7(5)10)9(2,11)8(13)14/h3-4H,11H2,1-2H3,(H,13,14)/t9-/m0/s1. The zero-order valence-electron chi connectivity index (χ0n) is 7.91. The van der Waals surface area contributed by atoms with Crippen LogP contribution in [0.3, 0.4) is 0 Å². The van der Waals surface area contributed by atoms with E-state index in [0.717, 1.165) is 6.20 Å². The highest BCUT2D eigenvalue weighted by molar-refractivity contribution is 5.79. The van der Waals surface area contributed by atoms with Gasteiger partial charge in [-0.2, -0.15) is 4.39 Å². The molecule has 0 unspecified atom stereocenters. The second-order valence-corrected chi connectivity index (χ2v) is 3.34. The zero-order chi connectivity index (χ0) is 10.9. The minimum atomic E-state index is -1.54. The number of hydrogen-bond acceptors (Lipinski definition) is 3. The first kappa shape index (κ1) is 10.6. The highest BCUT2D eigenvalue weighted by Gasteiger charge is 2.30. The summed E-state index contributed by atoms with van der Waals surface area (Å²) < 4.78 is 12.8. The smallest absolute Gasteiger partial charge is 0.328 e. The Balaban J connectivity index is 3.21. The molecule has 0 bridgehead atoms. The van der Waals surface area contributed by atoms with E-state index in [2.05, 4.69) is 4.98 Å². The van der Waals surface area contributed by atoms with E-state index in [1.54, 1.807) is 0 Å². The number of carboxylic acids is 1. The van der Waals surface area contributed by atoms with Gasteiger partial charge >= 0.3 is 5.97 Å². The lowest BCUT2D eigenvalue weighted by Crippen LogP contribution is -2.41. The molecule has 3 N–H and O–H groups in total. The van der Waals surface area contributed by atoms with Gasteiger partial charge in [-0.25, -0.2) is 9.78 Å². The van der Waals surface area contributed by atoms with Gasteiger partial charge in [0.15, 0.2) is 0 Å². The van der Waals surface area contributed by atoms with E-state index in [-0.39, 0.29) is 11.1 Å². The van der Waals surface area contributed by atoms with Crippen LogP contribution in [0.1, 0.15) is 18.1 Å². The third-order valence-corrected chi connectivity index (χ3v) is 2.06.